The Kier molecular flexibility index (Phi) is 8.83. The fourth-order valence-corrected chi connectivity index (χ4v) is 5.14. The zero-order valence-corrected chi connectivity index (χ0v) is 22.5. The first-order chi connectivity index (χ1) is 20.4. The lowest BCUT2D eigenvalue weighted by Crippen LogP contribution is -2.34. The zero-order valence-electron chi connectivity index (χ0n) is 22.5. The molecule has 0 radical (unpaired) electrons. The maximum Gasteiger partial charge on any atom is 0.407 e. The Morgan fingerprint density at radius 3 is 2.43 bits per heavy atom. The average Bonchev–Trinajstić information content (AvgIpc) is 3.52. The monoisotopic (exact) mass is 574 g/mol. The fraction of sp³-hybridized carbons (Fsp3) is 0.333. The number of fused-ring (bicyclic) bond motifs is 3. The molecule has 2 aliphatic rings. The SMILES string of the molecule is O=C(CCNC(=O)OCC1c2ccccc2-c2ccccc21)NCC#Cc1cn([C@H]2C[C@H](O)[C@@H](CO)O2)c(=O)[nH]c1=O. The lowest BCUT2D eigenvalue weighted by molar-refractivity contribution is -0.120. The van der Waals surface area contributed by atoms with Crippen LogP contribution in [0.1, 0.15) is 41.7 Å². The predicted octanol–water partition coefficient (Wildman–Crippen LogP) is 0.574. The van der Waals surface area contributed by atoms with Crippen molar-refractivity contribution in [2.75, 3.05) is 26.3 Å². The van der Waals surface area contributed by atoms with Crippen molar-refractivity contribution in [3.63, 3.8) is 0 Å². The number of H-pyrrole nitrogens is 1. The number of alkyl carbamates (subject to hydrolysis) is 1. The van der Waals surface area contributed by atoms with Gasteiger partial charge in [-0.3, -0.25) is 19.1 Å². The van der Waals surface area contributed by atoms with Gasteiger partial charge in [0.1, 0.15) is 24.5 Å². The minimum atomic E-state index is -0.956. The summed E-state index contributed by atoms with van der Waals surface area (Å²) in [6.45, 7) is -0.261. The highest BCUT2D eigenvalue weighted by Crippen LogP contribution is 2.44. The third-order valence-electron chi connectivity index (χ3n) is 7.22. The number of ether oxygens (including phenoxy) is 2. The van der Waals surface area contributed by atoms with Crippen molar-refractivity contribution < 1.29 is 29.3 Å². The number of rotatable bonds is 8. The molecule has 1 aliphatic carbocycles. The second kappa shape index (κ2) is 12.9. The normalized spacial score (nSPS) is 18.9. The largest absolute Gasteiger partial charge is 0.449 e. The maximum atomic E-state index is 12.3. The molecule has 42 heavy (non-hydrogen) atoms. The quantitative estimate of drug-likeness (QED) is 0.243. The second-order valence-electron chi connectivity index (χ2n) is 9.90. The number of nitrogens with zero attached hydrogens (tertiary/aromatic N) is 1. The van der Waals surface area contributed by atoms with Gasteiger partial charge in [0.15, 0.2) is 0 Å². The summed E-state index contributed by atoms with van der Waals surface area (Å²) in [6.07, 6.45) is -2.02. The smallest absolute Gasteiger partial charge is 0.407 e. The van der Waals surface area contributed by atoms with E-state index in [1.165, 1.54) is 6.20 Å². The molecule has 0 spiro atoms. The van der Waals surface area contributed by atoms with Gasteiger partial charge in [0.2, 0.25) is 5.91 Å². The van der Waals surface area contributed by atoms with Gasteiger partial charge in [-0.05, 0) is 22.3 Å². The molecule has 0 unspecified atom stereocenters. The number of hydrogen-bond acceptors (Lipinski definition) is 8. The molecule has 12 nitrogen and oxygen atoms in total. The van der Waals surface area contributed by atoms with Crippen LogP contribution in [0.3, 0.4) is 0 Å². The summed E-state index contributed by atoms with van der Waals surface area (Å²) in [4.78, 5) is 50.9. The Hall–Kier alpha value is -4.70. The molecule has 5 N–H and O–H groups in total. The van der Waals surface area contributed by atoms with Gasteiger partial charge in [-0.2, -0.15) is 0 Å². The van der Waals surface area contributed by atoms with E-state index in [-0.39, 0.29) is 49.9 Å². The number of carbonyl (C=O) groups is 2. The highest BCUT2D eigenvalue weighted by Gasteiger charge is 2.35. The van der Waals surface area contributed by atoms with E-state index in [9.17, 15) is 29.4 Å². The predicted molar refractivity (Wildman–Crippen MR) is 151 cm³/mol. The molecule has 1 aromatic heterocycles. The lowest BCUT2D eigenvalue weighted by Gasteiger charge is -2.14. The molecule has 5 rings (SSSR count). The van der Waals surface area contributed by atoms with Crippen LogP contribution < -0.4 is 21.9 Å². The number of benzene rings is 2. The third kappa shape index (κ3) is 6.28. The molecule has 2 heterocycles. The van der Waals surface area contributed by atoms with E-state index < -0.39 is 42.4 Å². The van der Waals surface area contributed by atoms with E-state index in [0.29, 0.717) is 0 Å². The van der Waals surface area contributed by atoms with Crippen molar-refractivity contribution in [1.82, 2.24) is 20.2 Å². The number of aromatic nitrogens is 2. The van der Waals surface area contributed by atoms with Crippen LogP contribution in [0.4, 0.5) is 4.79 Å². The summed E-state index contributed by atoms with van der Waals surface area (Å²) in [5.41, 5.74) is 2.99. The highest BCUT2D eigenvalue weighted by atomic mass is 16.6. The number of hydrogen-bond donors (Lipinski definition) is 5. The van der Waals surface area contributed by atoms with Gasteiger partial charge >= 0.3 is 11.8 Å². The van der Waals surface area contributed by atoms with Crippen molar-refractivity contribution in [3.05, 3.63) is 92.3 Å². The standard InChI is InChI=1S/C30H30N4O8/c35-16-25-24(36)14-27(42-25)34-15-18(28(38)33-29(34)39)6-5-12-31-26(37)11-13-32-30(40)41-17-23-21-9-3-1-7-19(21)20-8-2-4-10-22(20)23/h1-4,7-10,15,23-25,27,35-36H,11-14,16-17H2,(H,31,37)(H,32,40)(H,33,38,39)/t24-,25+,27+/m0/s1. The van der Waals surface area contributed by atoms with Crippen molar-refractivity contribution in [2.24, 2.45) is 0 Å². The Morgan fingerprint density at radius 2 is 1.76 bits per heavy atom. The number of amides is 2. The van der Waals surface area contributed by atoms with E-state index in [2.05, 4.69) is 39.6 Å². The molecule has 12 heteroatoms. The first-order valence-corrected chi connectivity index (χ1v) is 13.5. The summed E-state index contributed by atoms with van der Waals surface area (Å²) in [7, 11) is 0. The molecular weight excluding hydrogens is 544 g/mol. The number of aliphatic hydroxyl groups excluding tert-OH is 2. The van der Waals surface area contributed by atoms with Gasteiger partial charge in [-0.1, -0.05) is 60.4 Å². The third-order valence-corrected chi connectivity index (χ3v) is 7.22. The Balaban J connectivity index is 1.06. The summed E-state index contributed by atoms with van der Waals surface area (Å²) >= 11 is 0. The molecule has 2 amide bonds. The number of nitrogens with one attached hydrogen (secondary N) is 3. The van der Waals surface area contributed by atoms with Crippen LogP contribution in [0, 0.1) is 11.8 Å². The molecule has 0 bridgehead atoms. The van der Waals surface area contributed by atoms with Crippen LogP contribution in [-0.4, -0.2) is 70.3 Å². The molecular formula is C30H30N4O8. The lowest BCUT2D eigenvalue weighted by atomic mass is 9.98. The molecule has 3 aromatic rings. The van der Waals surface area contributed by atoms with Crippen LogP contribution in [0.5, 0.6) is 0 Å². The Labute approximate surface area is 240 Å². The van der Waals surface area contributed by atoms with Gasteiger partial charge in [-0.15, -0.1) is 0 Å². The minimum Gasteiger partial charge on any atom is -0.449 e. The first kappa shape index (κ1) is 28.8. The molecule has 2 aromatic carbocycles. The van der Waals surface area contributed by atoms with Crippen LogP contribution in [0.25, 0.3) is 11.1 Å². The van der Waals surface area contributed by atoms with E-state index in [1.54, 1.807) is 0 Å². The molecule has 3 atom stereocenters. The summed E-state index contributed by atoms with van der Waals surface area (Å²) in [5.74, 6) is 4.82. The molecule has 0 saturated carbocycles. The van der Waals surface area contributed by atoms with Crippen molar-refractivity contribution in [2.45, 2.75) is 37.2 Å². The number of aliphatic hydroxyl groups is 2. The molecule has 218 valence electrons. The van der Waals surface area contributed by atoms with E-state index >= 15 is 0 Å². The average molecular weight is 575 g/mol. The Bertz CT molecular complexity index is 1610. The van der Waals surface area contributed by atoms with E-state index in [1.807, 2.05) is 36.4 Å². The second-order valence-corrected chi connectivity index (χ2v) is 9.90. The van der Waals surface area contributed by atoms with Crippen LogP contribution in [0.2, 0.25) is 0 Å². The van der Waals surface area contributed by atoms with Crippen LogP contribution in [-0.2, 0) is 14.3 Å². The van der Waals surface area contributed by atoms with Gasteiger partial charge in [-0.25, -0.2) is 9.59 Å². The topological polar surface area (TPSA) is 172 Å². The highest BCUT2D eigenvalue weighted by molar-refractivity contribution is 5.79. The van der Waals surface area contributed by atoms with Gasteiger partial charge < -0.3 is 30.3 Å². The van der Waals surface area contributed by atoms with Gasteiger partial charge in [0.05, 0.1) is 19.3 Å². The zero-order chi connectivity index (χ0) is 29.6. The fourth-order valence-electron chi connectivity index (χ4n) is 5.14. The van der Waals surface area contributed by atoms with Crippen LogP contribution >= 0.6 is 0 Å². The molecule has 1 aliphatic heterocycles. The number of aromatic amines is 1. The van der Waals surface area contributed by atoms with Crippen molar-refractivity contribution in [3.8, 4) is 23.0 Å². The molecule has 1 saturated heterocycles. The van der Waals surface area contributed by atoms with Gasteiger partial charge in [0.25, 0.3) is 5.56 Å². The van der Waals surface area contributed by atoms with Crippen molar-refractivity contribution in [1.29, 1.82) is 0 Å². The summed E-state index contributed by atoms with van der Waals surface area (Å²) in [5, 5.41) is 24.3. The number of carbonyl (C=O) groups excluding carboxylic acids is 2. The maximum absolute atomic E-state index is 12.3. The van der Waals surface area contributed by atoms with E-state index in [4.69, 9.17) is 9.47 Å². The summed E-state index contributed by atoms with van der Waals surface area (Å²) < 4.78 is 12.0. The van der Waals surface area contributed by atoms with E-state index in [0.717, 1.165) is 26.8 Å². The Morgan fingerprint density at radius 1 is 1.07 bits per heavy atom. The van der Waals surface area contributed by atoms with Crippen molar-refractivity contribution >= 4 is 12.0 Å². The van der Waals surface area contributed by atoms with Gasteiger partial charge in [0, 0.05) is 31.5 Å². The molecule has 1 fully saturated rings. The minimum absolute atomic E-state index is 0.00922. The first-order valence-electron chi connectivity index (χ1n) is 13.5. The van der Waals surface area contributed by atoms with Crippen LogP contribution in [0.15, 0.2) is 64.3 Å². The summed E-state index contributed by atoms with van der Waals surface area (Å²) in [6, 6.07) is 16.1.